The number of aromatic nitrogens is 3. The molecular formula is C36H43N9O6. The number of benzene rings is 2. The number of pyridine rings is 1. The van der Waals surface area contributed by atoms with E-state index in [1.54, 1.807) is 34.1 Å². The van der Waals surface area contributed by atoms with Crippen molar-refractivity contribution in [2.75, 3.05) is 96.3 Å². The van der Waals surface area contributed by atoms with Gasteiger partial charge in [0.2, 0.25) is 17.6 Å². The lowest BCUT2D eigenvalue weighted by molar-refractivity contribution is -0.137. The maximum atomic E-state index is 14.1. The average molecular weight is 698 g/mol. The second-order valence-corrected chi connectivity index (χ2v) is 12.3. The van der Waals surface area contributed by atoms with E-state index >= 15 is 0 Å². The Balaban J connectivity index is 1.31. The Kier molecular flexibility index (Phi) is 10.6. The molecule has 15 heteroatoms. The van der Waals surface area contributed by atoms with Gasteiger partial charge in [-0.1, -0.05) is 6.58 Å². The maximum Gasteiger partial charge on any atom is 0.295 e. The summed E-state index contributed by atoms with van der Waals surface area (Å²) in [5.74, 6) is 1.17. The Morgan fingerprint density at radius 2 is 1.45 bits per heavy atom. The number of nitrogens with zero attached hydrogens (tertiary/aromatic N) is 7. The van der Waals surface area contributed by atoms with E-state index in [0.29, 0.717) is 60.4 Å². The van der Waals surface area contributed by atoms with Gasteiger partial charge < -0.3 is 44.4 Å². The van der Waals surface area contributed by atoms with Crippen LogP contribution in [0.25, 0.3) is 11.2 Å². The van der Waals surface area contributed by atoms with E-state index in [4.69, 9.17) is 19.2 Å². The average Bonchev–Trinajstić information content (AvgIpc) is 3.16. The number of methoxy groups -OCH3 is 3. The highest BCUT2D eigenvalue weighted by Crippen LogP contribution is 2.40. The first-order valence-corrected chi connectivity index (χ1v) is 16.7. The molecule has 0 bridgehead atoms. The van der Waals surface area contributed by atoms with Crippen LogP contribution in [0.2, 0.25) is 0 Å². The molecule has 268 valence electrons. The summed E-state index contributed by atoms with van der Waals surface area (Å²) in [6.45, 7) is 8.65. The van der Waals surface area contributed by atoms with Crippen LogP contribution < -0.4 is 35.3 Å². The van der Waals surface area contributed by atoms with Gasteiger partial charge in [0.1, 0.15) is 17.9 Å². The number of piperazine rings is 2. The van der Waals surface area contributed by atoms with Crippen molar-refractivity contribution in [1.82, 2.24) is 29.2 Å². The number of rotatable bonds is 11. The summed E-state index contributed by atoms with van der Waals surface area (Å²) in [6.07, 6.45) is 1.27. The summed E-state index contributed by atoms with van der Waals surface area (Å²) < 4.78 is 17.7. The first-order chi connectivity index (χ1) is 24.7. The Bertz CT molecular complexity index is 1940. The summed E-state index contributed by atoms with van der Waals surface area (Å²) in [4.78, 5) is 57.3. The molecule has 0 spiro atoms. The molecular weight excluding hydrogens is 654 g/mol. The molecule has 2 aliphatic heterocycles. The fourth-order valence-corrected chi connectivity index (χ4v) is 6.22. The van der Waals surface area contributed by atoms with E-state index < -0.39 is 5.56 Å². The van der Waals surface area contributed by atoms with Gasteiger partial charge in [0, 0.05) is 81.6 Å². The van der Waals surface area contributed by atoms with Gasteiger partial charge in [-0.15, -0.1) is 0 Å². The number of hydrogen-bond donors (Lipinski definition) is 2. The van der Waals surface area contributed by atoms with Gasteiger partial charge in [0.25, 0.3) is 5.56 Å². The Labute approximate surface area is 296 Å². The number of carbonyl (C=O) groups excluding carboxylic acids is 2. The molecule has 0 unspecified atom stereocenters. The number of likely N-dealkylation sites (N-methyl/N-ethyl adjacent to an activating group) is 1. The fraction of sp³-hybridized carbons (Fsp3) is 0.361. The topological polar surface area (TPSA) is 147 Å². The van der Waals surface area contributed by atoms with Crippen LogP contribution in [0.15, 0.2) is 66.0 Å². The molecule has 2 amide bonds. The summed E-state index contributed by atoms with van der Waals surface area (Å²) in [6, 6.07) is 15.0. The molecule has 51 heavy (non-hydrogen) atoms. The number of ether oxygens (including phenoxy) is 3. The molecule has 2 aromatic carbocycles. The van der Waals surface area contributed by atoms with E-state index in [0.717, 1.165) is 37.6 Å². The highest BCUT2D eigenvalue weighted by molar-refractivity contribution is 5.87. The highest BCUT2D eigenvalue weighted by atomic mass is 16.5. The number of hydrogen-bond acceptors (Lipinski definition) is 12. The van der Waals surface area contributed by atoms with E-state index in [9.17, 15) is 14.4 Å². The summed E-state index contributed by atoms with van der Waals surface area (Å²) >= 11 is 0. The molecule has 0 saturated carbocycles. The summed E-state index contributed by atoms with van der Waals surface area (Å²) in [5, 5.41) is 6.41. The van der Waals surface area contributed by atoms with Crippen LogP contribution in [0.5, 0.6) is 17.2 Å². The van der Waals surface area contributed by atoms with Crippen LogP contribution >= 0.6 is 0 Å². The second-order valence-electron chi connectivity index (χ2n) is 12.3. The van der Waals surface area contributed by atoms with Gasteiger partial charge in [0.05, 0.1) is 21.3 Å². The van der Waals surface area contributed by atoms with Crippen LogP contribution in [0, 0.1) is 0 Å². The van der Waals surface area contributed by atoms with Crippen molar-refractivity contribution in [3.8, 4) is 17.2 Å². The SMILES string of the molecule is C=CC(=O)N1CCN(C(=O)Cn2c(=O)c(Nc3cc(OC)c(OC)c(OC)c3)nc3ccc(Nc4ccc(N5CCN(C)CC5)cc4)nc32)CC1. The molecule has 0 atom stereocenters. The quantitative estimate of drug-likeness (QED) is 0.222. The van der Waals surface area contributed by atoms with Crippen molar-refractivity contribution >= 4 is 51.7 Å². The largest absolute Gasteiger partial charge is 0.493 e. The molecule has 6 rings (SSSR count). The molecule has 4 heterocycles. The Hall–Kier alpha value is -5.83. The first kappa shape index (κ1) is 35.0. The molecule has 15 nitrogen and oxygen atoms in total. The van der Waals surface area contributed by atoms with E-state index in [2.05, 4.69) is 51.2 Å². The van der Waals surface area contributed by atoms with Gasteiger partial charge >= 0.3 is 0 Å². The van der Waals surface area contributed by atoms with Crippen molar-refractivity contribution in [3.05, 3.63) is 71.5 Å². The van der Waals surface area contributed by atoms with Crippen molar-refractivity contribution in [2.45, 2.75) is 6.54 Å². The fourth-order valence-electron chi connectivity index (χ4n) is 6.22. The molecule has 2 aliphatic rings. The second kappa shape index (κ2) is 15.4. The maximum absolute atomic E-state index is 14.1. The molecule has 0 radical (unpaired) electrons. The van der Waals surface area contributed by atoms with Crippen LogP contribution in [-0.2, 0) is 16.1 Å². The molecule has 2 aromatic heterocycles. The van der Waals surface area contributed by atoms with Crippen LogP contribution in [0.3, 0.4) is 0 Å². The molecule has 2 N–H and O–H groups in total. The highest BCUT2D eigenvalue weighted by Gasteiger charge is 2.25. The Morgan fingerprint density at radius 1 is 0.804 bits per heavy atom. The normalized spacial score (nSPS) is 15.0. The first-order valence-electron chi connectivity index (χ1n) is 16.7. The molecule has 2 fully saturated rings. The van der Waals surface area contributed by atoms with Crippen molar-refractivity contribution < 1.29 is 23.8 Å². The van der Waals surface area contributed by atoms with Gasteiger partial charge in [-0.25, -0.2) is 9.97 Å². The van der Waals surface area contributed by atoms with Crippen molar-refractivity contribution in [3.63, 3.8) is 0 Å². The van der Waals surface area contributed by atoms with E-state index in [1.807, 2.05) is 12.1 Å². The molecule has 4 aromatic rings. The lowest BCUT2D eigenvalue weighted by Gasteiger charge is -2.34. The zero-order chi connectivity index (χ0) is 36.1. The third-order valence-electron chi connectivity index (χ3n) is 9.14. The van der Waals surface area contributed by atoms with Crippen molar-refractivity contribution in [2.24, 2.45) is 0 Å². The van der Waals surface area contributed by atoms with E-state index in [-0.39, 0.29) is 29.8 Å². The standard InChI is InChI=1S/C36H43N9O6/c1-6-31(46)43-17-19-44(20-18-43)32(47)23-45-35-27(39-34(36(45)48)38-25-21-28(49-3)33(51-5)29(22-25)50-4)11-12-30(40-35)37-24-7-9-26(10-8-24)42-15-13-41(2)14-16-42/h6-12,21-22H,1,13-20,23H2,2-5H3,(H,37,40)(H,38,39). The zero-order valence-electron chi connectivity index (χ0n) is 29.3. The predicted molar refractivity (Wildman–Crippen MR) is 196 cm³/mol. The lowest BCUT2D eigenvalue weighted by Crippen LogP contribution is -2.51. The number of anilines is 5. The van der Waals surface area contributed by atoms with E-state index in [1.165, 1.54) is 32.0 Å². The molecule has 0 aliphatic carbocycles. The number of fused-ring (bicyclic) bond motifs is 1. The minimum absolute atomic E-state index is 0.0204. The predicted octanol–water partition coefficient (Wildman–Crippen LogP) is 2.91. The van der Waals surface area contributed by atoms with Crippen LogP contribution in [-0.4, -0.2) is 122 Å². The monoisotopic (exact) mass is 697 g/mol. The van der Waals surface area contributed by atoms with Gasteiger partial charge in [0.15, 0.2) is 23.0 Å². The lowest BCUT2D eigenvalue weighted by atomic mass is 10.2. The van der Waals surface area contributed by atoms with Gasteiger partial charge in [-0.2, -0.15) is 0 Å². The zero-order valence-corrected chi connectivity index (χ0v) is 29.3. The third kappa shape index (κ3) is 7.67. The smallest absolute Gasteiger partial charge is 0.295 e. The minimum Gasteiger partial charge on any atom is -0.493 e. The molecule has 2 saturated heterocycles. The summed E-state index contributed by atoms with van der Waals surface area (Å²) in [5.41, 5.74) is 2.52. The number of amides is 2. The van der Waals surface area contributed by atoms with Crippen LogP contribution in [0.1, 0.15) is 0 Å². The van der Waals surface area contributed by atoms with Gasteiger partial charge in [-0.05, 0) is 49.5 Å². The summed E-state index contributed by atoms with van der Waals surface area (Å²) in [7, 11) is 6.64. The van der Waals surface area contributed by atoms with Gasteiger partial charge in [-0.3, -0.25) is 19.0 Å². The van der Waals surface area contributed by atoms with Crippen molar-refractivity contribution in [1.29, 1.82) is 0 Å². The minimum atomic E-state index is -0.550. The number of carbonyl (C=O) groups is 2. The van der Waals surface area contributed by atoms with Crippen LogP contribution in [0.4, 0.5) is 28.7 Å². The Morgan fingerprint density at radius 3 is 2.06 bits per heavy atom. The number of nitrogens with one attached hydrogen (secondary N) is 2. The third-order valence-corrected chi connectivity index (χ3v) is 9.14.